The van der Waals surface area contributed by atoms with Crippen LogP contribution in [0.25, 0.3) is 66.6 Å². The molecule has 12 rings (SSSR count). The highest BCUT2D eigenvalue weighted by molar-refractivity contribution is 6.12. The first kappa shape index (κ1) is 44.5. The van der Waals surface area contributed by atoms with Crippen molar-refractivity contribution < 1.29 is 0 Å². The summed E-state index contributed by atoms with van der Waals surface area (Å²) >= 11 is 0. The van der Waals surface area contributed by atoms with Crippen LogP contribution >= 0.6 is 0 Å². The van der Waals surface area contributed by atoms with Crippen LogP contribution in [0.1, 0.15) is 52.7 Å². The molecule has 0 fully saturated rings. The second-order valence-electron chi connectivity index (χ2n) is 20.8. The Morgan fingerprint density at radius 1 is 0.306 bits per heavy atom. The summed E-state index contributed by atoms with van der Waals surface area (Å²) in [4.78, 5) is 15.7. The van der Waals surface area contributed by atoms with E-state index in [2.05, 4.69) is 285 Å². The Hall–Kier alpha value is -8.74. The van der Waals surface area contributed by atoms with Crippen molar-refractivity contribution in [2.45, 2.75) is 52.4 Å². The molecule has 0 N–H and O–H groups in total. The van der Waals surface area contributed by atoms with E-state index in [-0.39, 0.29) is 10.8 Å². The molecule has 9 aromatic carbocycles. The second kappa shape index (κ2) is 17.6. The normalized spacial score (nSPS) is 12.0. The van der Waals surface area contributed by atoms with Crippen molar-refractivity contribution >= 4 is 77.7 Å². The number of hydrogen-bond acceptors (Lipinski definition) is 4. The molecule has 72 heavy (non-hydrogen) atoms. The van der Waals surface area contributed by atoms with Crippen molar-refractivity contribution in [2.24, 2.45) is 0 Å². The summed E-state index contributed by atoms with van der Waals surface area (Å²) < 4.78 is 4.68. The zero-order chi connectivity index (χ0) is 49.1. The molecule has 3 aromatic heterocycles. The van der Waals surface area contributed by atoms with Gasteiger partial charge in [0.05, 0.1) is 22.1 Å². The molecule has 0 saturated heterocycles. The van der Waals surface area contributed by atoms with Crippen molar-refractivity contribution in [2.75, 3.05) is 9.80 Å². The molecule has 0 amide bonds. The molecule has 0 spiro atoms. The monoisotopic (exact) mass is 932 g/mol. The van der Waals surface area contributed by atoms with Crippen LogP contribution in [0.3, 0.4) is 0 Å². The first-order valence-electron chi connectivity index (χ1n) is 24.9. The number of benzene rings is 9. The maximum atomic E-state index is 5.51. The highest BCUT2D eigenvalue weighted by atomic mass is 15.2. The Balaban J connectivity index is 1.12. The number of rotatable bonds is 9. The summed E-state index contributed by atoms with van der Waals surface area (Å²) in [6.45, 7) is 13.7. The highest BCUT2D eigenvalue weighted by Crippen LogP contribution is 2.44. The average molecular weight is 933 g/mol. The van der Waals surface area contributed by atoms with Gasteiger partial charge in [-0.05, 0) is 131 Å². The van der Waals surface area contributed by atoms with Crippen LogP contribution in [0, 0.1) is 0 Å². The Morgan fingerprint density at radius 2 is 0.611 bits per heavy atom. The third-order valence-corrected chi connectivity index (χ3v) is 14.0. The lowest BCUT2D eigenvalue weighted by molar-refractivity contribution is 0.591. The smallest absolute Gasteiger partial charge is 0.163 e. The summed E-state index contributed by atoms with van der Waals surface area (Å²) in [6.07, 6.45) is 0. The van der Waals surface area contributed by atoms with E-state index in [1.165, 1.54) is 21.9 Å². The van der Waals surface area contributed by atoms with Crippen molar-refractivity contribution in [3.05, 3.63) is 242 Å². The molecule has 0 saturated carbocycles. The van der Waals surface area contributed by atoms with Crippen LogP contribution < -0.4 is 9.80 Å². The fourth-order valence-electron chi connectivity index (χ4n) is 10.3. The Kier molecular flexibility index (Phi) is 10.9. The van der Waals surface area contributed by atoms with Gasteiger partial charge in [0, 0.05) is 67.3 Å². The van der Waals surface area contributed by atoms with Gasteiger partial charge in [-0.2, -0.15) is 0 Å². The van der Waals surface area contributed by atoms with E-state index >= 15 is 0 Å². The standard InChI is InChI=1S/C66H56N6/c1-65(2,3)46-32-36-58-54(40-46)56-42-52(69(48-24-14-8-15-25-48)49-26-16-9-17-27-49)34-38-60(56)71(58)62-44-63(68-64(67-62)45-22-12-7-13-23-45)72-59-37-33-47(66(4,5)6)41-55(59)57-43-53(35-39-61(57)72)70(50-28-18-10-19-29-50)51-30-20-11-21-31-51/h7-44H,1-6H3. The van der Waals surface area contributed by atoms with Crippen LogP contribution in [0.15, 0.2) is 231 Å². The van der Waals surface area contributed by atoms with E-state index in [0.29, 0.717) is 5.82 Å². The molecule has 0 unspecified atom stereocenters. The molecule has 350 valence electrons. The third-order valence-electron chi connectivity index (χ3n) is 14.0. The number of hydrogen-bond donors (Lipinski definition) is 0. The lowest BCUT2D eigenvalue weighted by Crippen LogP contribution is -2.11. The van der Waals surface area contributed by atoms with Gasteiger partial charge in [-0.15, -0.1) is 0 Å². The molecule has 0 aliphatic rings. The molecular weight excluding hydrogens is 877 g/mol. The predicted molar refractivity (Wildman–Crippen MR) is 303 cm³/mol. The van der Waals surface area contributed by atoms with Gasteiger partial charge in [0.2, 0.25) is 0 Å². The van der Waals surface area contributed by atoms with E-state index in [9.17, 15) is 0 Å². The van der Waals surface area contributed by atoms with Crippen LogP contribution in [0.5, 0.6) is 0 Å². The minimum Gasteiger partial charge on any atom is -0.310 e. The maximum Gasteiger partial charge on any atom is 0.163 e. The molecule has 0 aliphatic heterocycles. The predicted octanol–water partition coefficient (Wildman–Crippen LogP) is 17.9. The molecule has 3 heterocycles. The fourth-order valence-corrected chi connectivity index (χ4v) is 10.3. The van der Waals surface area contributed by atoms with Crippen LogP contribution in [-0.2, 0) is 10.8 Å². The largest absolute Gasteiger partial charge is 0.310 e. The minimum atomic E-state index is -0.0641. The molecule has 6 heteroatoms. The van der Waals surface area contributed by atoms with Crippen molar-refractivity contribution in [1.29, 1.82) is 0 Å². The van der Waals surface area contributed by atoms with Gasteiger partial charge in [-0.1, -0.05) is 157 Å². The van der Waals surface area contributed by atoms with Gasteiger partial charge >= 0.3 is 0 Å². The Labute approximate surface area is 421 Å². The summed E-state index contributed by atoms with van der Waals surface area (Å²) in [5.41, 5.74) is 14.2. The van der Waals surface area contributed by atoms with Crippen LogP contribution in [0.2, 0.25) is 0 Å². The molecule has 0 bridgehead atoms. The van der Waals surface area contributed by atoms with Crippen LogP contribution in [-0.4, -0.2) is 19.1 Å². The van der Waals surface area contributed by atoms with Crippen LogP contribution in [0.4, 0.5) is 34.1 Å². The number of nitrogens with zero attached hydrogens (tertiary/aromatic N) is 6. The summed E-state index contributed by atoms with van der Waals surface area (Å²) in [5.74, 6) is 2.23. The molecule has 6 nitrogen and oxygen atoms in total. The number of anilines is 6. The summed E-state index contributed by atoms with van der Waals surface area (Å²) in [5, 5.41) is 4.63. The number of fused-ring (bicyclic) bond motifs is 6. The molecule has 0 radical (unpaired) electrons. The molecule has 0 aliphatic carbocycles. The van der Waals surface area contributed by atoms with Gasteiger partial charge < -0.3 is 9.80 Å². The Bertz CT molecular complexity index is 3610. The zero-order valence-electron chi connectivity index (χ0n) is 41.6. The maximum absolute atomic E-state index is 5.51. The average Bonchev–Trinajstić information content (AvgIpc) is 3.91. The number of aromatic nitrogens is 4. The Morgan fingerprint density at radius 3 is 0.944 bits per heavy atom. The van der Waals surface area contributed by atoms with Gasteiger partial charge in [0.1, 0.15) is 11.6 Å². The lowest BCUT2D eigenvalue weighted by atomic mass is 9.86. The lowest BCUT2D eigenvalue weighted by Gasteiger charge is -2.25. The first-order valence-corrected chi connectivity index (χ1v) is 24.9. The van der Waals surface area contributed by atoms with E-state index in [0.717, 1.165) is 84.2 Å². The number of para-hydroxylation sites is 4. The van der Waals surface area contributed by atoms with Gasteiger partial charge in [-0.25, -0.2) is 9.97 Å². The quantitative estimate of drug-likeness (QED) is 0.145. The van der Waals surface area contributed by atoms with Crippen molar-refractivity contribution in [3.63, 3.8) is 0 Å². The fraction of sp³-hybridized carbons (Fsp3) is 0.121. The third kappa shape index (κ3) is 7.95. The summed E-state index contributed by atoms with van der Waals surface area (Å²) in [7, 11) is 0. The van der Waals surface area contributed by atoms with E-state index in [1.54, 1.807) is 0 Å². The summed E-state index contributed by atoms with van der Waals surface area (Å²) in [6, 6.07) is 82.7. The van der Waals surface area contributed by atoms with E-state index < -0.39 is 0 Å². The van der Waals surface area contributed by atoms with Gasteiger partial charge in [0.15, 0.2) is 5.82 Å². The zero-order valence-corrected chi connectivity index (χ0v) is 41.6. The minimum absolute atomic E-state index is 0.0641. The molecule has 0 atom stereocenters. The van der Waals surface area contributed by atoms with Crippen molar-refractivity contribution in [3.8, 4) is 23.0 Å². The topological polar surface area (TPSA) is 42.1 Å². The van der Waals surface area contributed by atoms with Gasteiger partial charge in [0.25, 0.3) is 0 Å². The van der Waals surface area contributed by atoms with E-state index in [1.807, 2.05) is 6.07 Å². The second-order valence-corrected chi connectivity index (χ2v) is 20.8. The van der Waals surface area contributed by atoms with E-state index in [4.69, 9.17) is 9.97 Å². The van der Waals surface area contributed by atoms with Crippen molar-refractivity contribution in [1.82, 2.24) is 19.1 Å². The molecular formula is C66H56N6. The SMILES string of the molecule is CC(C)(C)c1ccc2c(c1)c1cc(N(c3ccccc3)c3ccccc3)ccc1n2-c1cc(-n2c3ccc(N(c4ccccc4)c4ccccc4)cc3c3cc(C(C)(C)C)ccc32)nc(-c2ccccc2)n1. The highest BCUT2D eigenvalue weighted by Gasteiger charge is 2.25. The van der Waals surface area contributed by atoms with Gasteiger partial charge in [-0.3, -0.25) is 9.13 Å². The molecule has 12 aromatic rings. The first-order chi connectivity index (χ1) is 35.0.